The number of carbonyl (C=O) groups is 1. The Hall–Kier alpha value is -1.10. The van der Waals surface area contributed by atoms with Crippen molar-refractivity contribution in [3.63, 3.8) is 0 Å². The minimum atomic E-state index is -0.504. The number of hydrogen-bond acceptors (Lipinski definition) is 5. The highest BCUT2D eigenvalue weighted by Crippen LogP contribution is 2.34. The van der Waals surface area contributed by atoms with Crippen LogP contribution in [-0.4, -0.2) is 35.6 Å². The van der Waals surface area contributed by atoms with Gasteiger partial charge in [-0.2, -0.15) is 0 Å². The standard InChI is InChI=1S/C9H13NO4/c1-2-13-9(12)7-5-3-4-6(11)8(5)14-10-7/h5-6,8,11H,2-4H2,1H3/t5-,6+,8+/m0/s1. The first-order chi connectivity index (χ1) is 6.74. The van der Waals surface area contributed by atoms with Gasteiger partial charge >= 0.3 is 5.97 Å². The summed E-state index contributed by atoms with van der Waals surface area (Å²) < 4.78 is 4.84. The molecule has 0 radical (unpaired) electrons. The van der Waals surface area contributed by atoms with Crippen LogP contribution in [0.2, 0.25) is 0 Å². The molecule has 1 saturated carbocycles. The number of ether oxygens (including phenoxy) is 1. The smallest absolute Gasteiger partial charge is 0.356 e. The van der Waals surface area contributed by atoms with E-state index in [2.05, 4.69) is 5.16 Å². The number of fused-ring (bicyclic) bond motifs is 1. The van der Waals surface area contributed by atoms with Gasteiger partial charge in [-0.3, -0.25) is 0 Å². The number of nitrogens with zero attached hydrogens (tertiary/aromatic N) is 1. The third-order valence-electron chi connectivity index (χ3n) is 2.66. The van der Waals surface area contributed by atoms with E-state index in [4.69, 9.17) is 9.57 Å². The van der Waals surface area contributed by atoms with Gasteiger partial charge in [0.1, 0.15) is 0 Å². The van der Waals surface area contributed by atoms with E-state index in [1.54, 1.807) is 6.92 Å². The predicted molar refractivity (Wildman–Crippen MR) is 47.7 cm³/mol. The minimum absolute atomic E-state index is 0.0796. The van der Waals surface area contributed by atoms with Gasteiger partial charge in [-0.25, -0.2) is 4.79 Å². The van der Waals surface area contributed by atoms with Crippen molar-refractivity contribution in [3.8, 4) is 0 Å². The Kier molecular flexibility index (Phi) is 2.41. The van der Waals surface area contributed by atoms with E-state index in [1.807, 2.05) is 0 Å². The first-order valence-corrected chi connectivity index (χ1v) is 4.83. The van der Waals surface area contributed by atoms with Crippen LogP contribution in [0.1, 0.15) is 19.8 Å². The zero-order valence-electron chi connectivity index (χ0n) is 7.97. The summed E-state index contributed by atoms with van der Waals surface area (Å²) in [5.74, 6) is -0.502. The summed E-state index contributed by atoms with van der Waals surface area (Å²) >= 11 is 0. The summed E-state index contributed by atoms with van der Waals surface area (Å²) in [6, 6.07) is 0. The van der Waals surface area contributed by atoms with Gasteiger partial charge in [-0.05, 0) is 19.8 Å². The highest BCUT2D eigenvalue weighted by Gasteiger charge is 2.47. The first kappa shape index (κ1) is 9.45. The van der Waals surface area contributed by atoms with Crippen molar-refractivity contribution in [3.05, 3.63) is 0 Å². The van der Waals surface area contributed by atoms with Gasteiger partial charge in [0.25, 0.3) is 0 Å². The fourth-order valence-electron chi connectivity index (χ4n) is 1.96. The Balaban J connectivity index is 2.05. The lowest BCUT2D eigenvalue weighted by Gasteiger charge is -2.10. The van der Waals surface area contributed by atoms with Gasteiger partial charge in [0.2, 0.25) is 0 Å². The van der Waals surface area contributed by atoms with Gasteiger partial charge < -0.3 is 14.7 Å². The highest BCUT2D eigenvalue weighted by atomic mass is 16.7. The number of hydrogen-bond donors (Lipinski definition) is 1. The van der Waals surface area contributed by atoms with Crippen LogP contribution in [0.25, 0.3) is 0 Å². The van der Waals surface area contributed by atoms with Crippen LogP contribution < -0.4 is 0 Å². The lowest BCUT2D eigenvalue weighted by atomic mass is 10.0. The van der Waals surface area contributed by atoms with Gasteiger partial charge in [0, 0.05) is 0 Å². The Labute approximate surface area is 81.7 Å². The van der Waals surface area contributed by atoms with E-state index >= 15 is 0 Å². The molecule has 2 rings (SSSR count). The van der Waals surface area contributed by atoms with Crippen molar-refractivity contribution < 1.29 is 19.5 Å². The van der Waals surface area contributed by atoms with Crippen molar-refractivity contribution in [2.45, 2.75) is 32.0 Å². The first-order valence-electron chi connectivity index (χ1n) is 4.83. The number of aliphatic hydroxyl groups excluding tert-OH is 1. The monoisotopic (exact) mass is 199 g/mol. The summed E-state index contributed by atoms with van der Waals surface area (Å²) in [6.45, 7) is 2.08. The molecule has 0 aromatic heterocycles. The van der Waals surface area contributed by atoms with Crippen LogP contribution in [0.3, 0.4) is 0 Å². The molecular weight excluding hydrogens is 186 g/mol. The molecule has 1 N–H and O–H groups in total. The average Bonchev–Trinajstić information content (AvgIpc) is 2.69. The molecule has 0 spiro atoms. The molecule has 5 heteroatoms. The predicted octanol–water partition coefficient (Wildman–Crippen LogP) is 0.0752. The number of rotatable bonds is 2. The van der Waals surface area contributed by atoms with E-state index in [0.717, 1.165) is 6.42 Å². The maximum atomic E-state index is 11.4. The van der Waals surface area contributed by atoms with Gasteiger partial charge in [0.15, 0.2) is 11.8 Å². The third-order valence-corrected chi connectivity index (χ3v) is 2.66. The normalized spacial score (nSPS) is 34.7. The van der Waals surface area contributed by atoms with Crippen LogP contribution in [0.5, 0.6) is 0 Å². The molecule has 14 heavy (non-hydrogen) atoms. The van der Waals surface area contributed by atoms with Crippen molar-refractivity contribution in [1.82, 2.24) is 0 Å². The molecule has 1 heterocycles. The molecule has 0 bridgehead atoms. The molecule has 2 aliphatic rings. The maximum Gasteiger partial charge on any atom is 0.356 e. The summed E-state index contributed by atoms with van der Waals surface area (Å²) in [5.41, 5.74) is 0.327. The quantitative estimate of drug-likeness (QED) is 0.639. The topological polar surface area (TPSA) is 68.1 Å². The molecule has 0 saturated heterocycles. The second-order valence-corrected chi connectivity index (χ2v) is 3.52. The SMILES string of the molecule is CCOC(=O)C1=NO[C@H]2[C@H](O)CC[C@@H]12. The largest absolute Gasteiger partial charge is 0.461 e. The molecule has 0 unspecified atom stereocenters. The fraction of sp³-hybridized carbons (Fsp3) is 0.778. The molecule has 5 nitrogen and oxygen atoms in total. The van der Waals surface area contributed by atoms with E-state index < -0.39 is 12.1 Å². The molecule has 0 aromatic carbocycles. The molecule has 1 aliphatic heterocycles. The zero-order chi connectivity index (χ0) is 10.1. The Morgan fingerprint density at radius 2 is 2.50 bits per heavy atom. The van der Waals surface area contributed by atoms with Crippen molar-refractivity contribution >= 4 is 11.7 Å². The highest BCUT2D eigenvalue weighted by molar-refractivity contribution is 6.37. The molecule has 78 valence electrons. The lowest BCUT2D eigenvalue weighted by Crippen LogP contribution is -2.30. The summed E-state index contributed by atoms with van der Waals surface area (Å²) in [5, 5.41) is 13.1. The van der Waals surface area contributed by atoms with E-state index in [-0.39, 0.29) is 12.0 Å². The Morgan fingerprint density at radius 3 is 3.21 bits per heavy atom. The Bertz CT molecular complexity index is 276. The number of esters is 1. The summed E-state index contributed by atoms with van der Waals surface area (Å²) in [4.78, 5) is 16.4. The van der Waals surface area contributed by atoms with Crippen LogP contribution >= 0.6 is 0 Å². The van der Waals surface area contributed by atoms with E-state index in [1.165, 1.54) is 0 Å². The van der Waals surface area contributed by atoms with Crippen LogP contribution in [0.15, 0.2) is 5.16 Å². The number of aliphatic hydroxyl groups is 1. The molecule has 1 fully saturated rings. The summed E-state index contributed by atoms with van der Waals surface area (Å²) in [7, 11) is 0. The van der Waals surface area contributed by atoms with Crippen molar-refractivity contribution in [2.75, 3.05) is 6.61 Å². The van der Waals surface area contributed by atoms with Gasteiger partial charge in [0.05, 0.1) is 18.6 Å². The fourth-order valence-corrected chi connectivity index (χ4v) is 1.96. The summed E-state index contributed by atoms with van der Waals surface area (Å²) in [6.07, 6.45) is 0.558. The molecule has 0 amide bonds. The van der Waals surface area contributed by atoms with E-state index in [9.17, 15) is 9.90 Å². The molecule has 3 atom stereocenters. The second kappa shape index (κ2) is 3.57. The number of oxime groups is 1. The van der Waals surface area contributed by atoms with Gasteiger partial charge in [-0.15, -0.1) is 0 Å². The Morgan fingerprint density at radius 1 is 1.71 bits per heavy atom. The van der Waals surface area contributed by atoms with Crippen LogP contribution in [0.4, 0.5) is 0 Å². The van der Waals surface area contributed by atoms with Gasteiger partial charge in [-0.1, -0.05) is 5.16 Å². The van der Waals surface area contributed by atoms with E-state index in [0.29, 0.717) is 18.7 Å². The third kappa shape index (κ3) is 1.37. The molecule has 0 aromatic rings. The second-order valence-electron chi connectivity index (χ2n) is 3.52. The number of carbonyl (C=O) groups excluding carboxylic acids is 1. The zero-order valence-corrected chi connectivity index (χ0v) is 7.97. The molecular formula is C9H13NO4. The van der Waals surface area contributed by atoms with Crippen molar-refractivity contribution in [2.24, 2.45) is 11.1 Å². The minimum Gasteiger partial charge on any atom is -0.461 e. The molecule has 1 aliphatic carbocycles. The lowest BCUT2D eigenvalue weighted by molar-refractivity contribution is -0.135. The maximum absolute atomic E-state index is 11.4. The van der Waals surface area contributed by atoms with Crippen molar-refractivity contribution in [1.29, 1.82) is 0 Å². The average molecular weight is 199 g/mol. The van der Waals surface area contributed by atoms with Crippen LogP contribution in [-0.2, 0) is 14.4 Å². The van der Waals surface area contributed by atoms with Crippen LogP contribution in [0, 0.1) is 5.92 Å².